The maximum Gasteiger partial charge on any atom is 0.227 e. The molecule has 38 heavy (non-hydrogen) atoms. The van der Waals surface area contributed by atoms with Crippen LogP contribution in [0.15, 0.2) is 36.4 Å². The number of benzene rings is 2. The maximum absolute atomic E-state index is 6.13. The van der Waals surface area contributed by atoms with Gasteiger partial charge in [-0.05, 0) is 74.9 Å². The fraction of sp³-hybridized carbons (Fsp3) is 0.333. The number of nitrogens with zero attached hydrogens (tertiary/aromatic N) is 6. The zero-order valence-electron chi connectivity index (χ0n) is 24.3. The zero-order chi connectivity index (χ0) is 28.3. The predicted molar refractivity (Wildman–Crippen MR) is 161 cm³/mol. The van der Waals surface area contributed by atoms with Crippen molar-refractivity contribution in [3.05, 3.63) is 70.0 Å². The number of hydrogen-bond acceptors (Lipinski definition) is 8. The number of aryl methyl sites for hydroxylation is 4. The van der Waals surface area contributed by atoms with Gasteiger partial charge in [-0.1, -0.05) is 36.4 Å². The summed E-state index contributed by atoms with van der Waals surface area (Å²) in [6.45, 7) is 12.3. The van der Waals surface area contributed by atoms with Gasteiger partial charge < -0.3 is 21.3 Å². The molecule has 0 aliphatic rings. The number of hydrogen-bond donors (Lipinski definition) is 2. The van der Waals surface area contributed by atoms with Crippen LogP contribution in [0.2, 0.25) is 0 Å². The fourth-order valence-electron chi connectivity index (χ4n) is 4.27. The van der Waals surface area contributed by atoms with Crippen LogP contribution in [-0.4, -0.2) is 48.1 Å². The summed E-state index contributed by atoms with van der Waals surface area (Å²) in [5.41, 5.74) is 23.1. The highest BCUT2D eigenvalue weighted by molar-refractivity contribution is 5.80. The Morgan fingerprint density at radius 2 is 0.868 bits per heavy atom. The van der Waals surface area contributed by atoms with Gasteiger partial charge in [0.2, 0.25) is 11.9 Å². The van der Waals surface area contributed by atoms with Crippen molar-refractivity contribution in [1.29, 1.82) is 0 Å². The van der Waals surface area contributed by atoms with Gasteiger partial charge in [0.15, 0.2) is 0 Å². The Bertz CT molecular complexity index is 1300. The quantitative estimate of drug-likeness (QED) is 0.372. The normalized spacial score (nSPS) is 10.6. The van der Waals surface area contributed by atoms with Crippen molar-refractivity contribution < 1.29 is 0 Å². The SMILES string of the molecule is Cc1cccc(-c2c(C)nc(N(C)C)nc2N)c1C.Cc1cccc(-c2c(C)nc(N(C)C)nc2N)c1C. The molecule has 2 aromatic carbocycles. The summed E-state index contributed by atoms with van der Waals surface area (Å²) in [5, 5.41) is 0. The molecular formula is C30H40N8. The zero-order valence-corrected chi connectivity index (χ0v) is 24.3. The molecule has 2 heterocycles. The van der Waals surface area contributed by atoms with E-state index in [2.05, 4.69) is 71.9 Å². The Hall–Kier alpha value is -4.20. The summed E-state index contributed by atoms with van der Waals surface area (Å²) in [6.07, 6.45) is 0. The lowest BCUT2D eigenvalue weighted by Gasteiger charge is -2.16. The van der Waals surface area contributed by atoms with Crippen molar-refractivity contribution >= 4 is 23.5 Å². The molecule has 0 bridgehead atoms. The lowest BCUT2D eigenvalue weighted by molar-refractivity contribution is 0.983. The highest BCUT2D eigenvalue weighted by Crippen LogP contribution is 2.33. The average Bonchev–Trinajstić information content (AvgIpc) is 2.83. The van der Waals surface area contributed by atoms with Gasteiger partial charge in [-0.3, -0.25) is 0 Å². The number of nitrogens with two attached hydrogens (primary N) is 2. The molecule has 0 fully saturated rings. The first-order valence-electron chi connectivity index (χ1n) is 12.6. The topological polar surface area (TPSA) is 110 Å². The lowest BCUT2D eigenvalue weighted by atomic mass is 9.96. The maximum atomic E-state index is 6.13. The molecule has 4 rings (SSSR count). The molecule has 0 spiro atoms. The summed E-state index contributed by atoms with van der Waals surface area (Å²) in [7, 11) is 7.63. The monoisotopic (exact) mass is 512 g/mol. The van der Waals surface area contributed by atoms with E-state index in [-0.39, 0.29) is 0 Å². The van der Waals surface area contributed by atoms with E-state index >= 15 is 0 Å². The van der Waals surface area contributed by atoms with Crippen LogP contribution in [0, 0.1) is 41.5 Å². The summed E-state index contributed by atoms with van der Waals surface area (Å²) >= 11 is 0. The van der Waals surface area contributed by atoms with Crippen LogP contribution >= 0.6 is 0 Å². The van der Waals surface area contributed by atoms with E-state index in [1.807, 2.05) is 64.0 Å². The molecule has 0 saturated heterocycles. The molecule has 0 saturated carbocycles. The van der Waals surface area contributed by atoms with E-state index < -0.39 is 0 Å². The molecule has 4 N–H and O–H groups in total. The molecule has 0 atom stereocenters. The minimum Gasteiger partial charge on any atom is -0.383 e. The van der Waals surface area contributed by atoms with E-state index in [0.717, 1.165) is 33.6 Å². The Morgan fingerprint density at radius 1 is 0.526 bits per heavy atom. The van der Waals surface area contributed by atoms with Crippen LogP contribution in [-0.2, 0) is 0 Å². The second kappa shape index (κ2) is 11.5. The van der Waals surface area contributed by atoms with Crippen molar-refractivity contribution in [3.8, 4) is 22.3 Å². The van der Waals surface area contributed by atoms with Gasteiger partial charge in [0.05, 0.1) is 11.4 Å². The third-order valence-electron chi connectivity index (χ3n) is 6.76. The Labute approximate surface area is 226 Å². The van der Waals surface area contributed by atoms with Crippen LogP contribution < -0.4 is 21.3 Å². The van der Waals surface area contributed by atoms with Gasteiger partial charge in [0, 0.05) is 39.3 Å². The van der Waals surface area contributed by atoms with Crippen molar-refractivity contribution in [1.82, 2.24) is 19.9 Å². The molecule has 0 unspecified atom stereocenters. The molecule has 2 aromatic heterocycles. The van der Waals surface area contributed by atoms with Gasteiger partial charge in [-0.25, -0.2) is 9.97 Å². The van der Waals surface area contributed by atoms with Crippen molar-refractivity contribution in [2.24, 2.45) is 0 Å². The minimum absolute atomic E-state index is 0.532. The highest BCUT2D eigenvalue weighted by Gasteiger charge is 2.16. The molecule has 200 valence electrons. The highest BCUT2D eigenvalue weighted by atomic mass is 15.2. The van der Waals surface area contributed by atoms with Crippen LogP contribution in [0.1, 0.15) is 33.6 Å². The number of anilines is 4. The van der Waals surface area contributed by atoms with Crippen LogP contribution in [0.3, 0.4) is 0 Å². The minimum atomic E-state index is 0.532. The van der Waals surface area contributed by atoms with Gasteiger partial charge in [-0.2, -0.15) is 9.97 Å². The largest absolute Gasteiger partial charge is 0.383 e. The first kappa shape index (κ1) is 28.4. The van der Waals surface area contributed by atoms with Gasteiger partial charge in [0.25, 0.3) is 0 Å². The number of rotatable bonds is 4. The molecule has 0 aliphatic carbocycles. The Morgan fingerprint density at radius 3 is 1.16 bits per heavy atom. The average molecular weight is 513 g/mol. The van der Waals surface area contributed by atoms with Gasteiger partial charge >= 0.3 is 0 Å². The summed E-state index contributed by atoms with van der Waals surface area (Å²) < 4.78 is 0. The standard InChI is InChI=1S/2C15H20N4/c2*1-9-7-6-8-12(10(9)2)13-11(3)17-15(19(4)5)18-14(13)16/h2*6-8H,1-5H3,(H2,16,17,18). The van der Waals surface area contributed by atoms with Crippen molar-refractivity contribution in [3.63, 3.8) is 0 Å². The first-order valence-corrected chi connectivity index (χ1v) is 12.6. The molecule has 0 radical (unpaired) electrons. The third-order valence-corrected chi connectivity index (χ3v) is 6.76. The molecular weight excluding hydrogens is 472 g/mol. The summed E-state index contributed by atoms with van der Waals surface area (Å²) in [5.74, 6) is 2.35. The molecule has 8 nitrogen and oxygen atoms in total. The lowest BCUT2D eigenvalue weighted by Crippen LogP contribution is -2.15. The van der Waals surface area contributed by atoms with Crippen molar-refractivity contribution in [2.45, 2.75) is 41.5 Å². The Balaban J connectivity index is 0.000000211. The van der Waals surface area contributed by atoms with Gasteiger partial charge in [-0.15, -0.1) is 0 Å². The Kier molecular flexibility index (Phi) is 8.56. The summed E-state index contributed by atoms with van der Waals surface area (Å²) in [4.78, 5) is 21.5. The van der Waals surface area contributed by atoms with Crippen LogP contribution in [0.25, 0.3) is 22.3 Å². The second-order valence-corrected chi connectivity index (χ2v) is 10.0. The smallest absolute Gasteiger partial charge is 0.227 e. The number of aromatic nitrogens is 4. The molecule has 0 amide bonds. The fourth-order valence-corrected chi connectivity index (χ4v) is 4.27. The van der Waals surface area contributed by atoms with E-state index in [1.54, 1.807) is 0 Å². The van der Waals surface area contributed by atoms with E-state index in [0.29, 0.717) is 23.5 Å². The number of nitrogen functional groups attached to an aromatic ring is 2. The van der Waals surface area contributed by atoms with Crippen LogP contribution in [0.5, 0.6) is 0 Å². The molecule has 4 aromatic rings. The van der Waals surface area contributed by atoms with E-state index in [4.69, 9.17) is 11.5 Å². The first-order chi connectivity index (χ1) is 17.8. The molecule has 8 heteroatoms. The van der Waals surface area contributed by atoms with E-state index in [9.17, 15) is 0 Å². The van der Waals surface area contributed by atoms with Gasteiger partial charge in [0.1, 0.15) is 11.6 Å². The van der Waals surface area contributed by atoms with Crippen LogP contribution in [0.4, 0.5) is 23.5 Å². The third kappa shape index (κ3) is 5.85. The van der Waals surface area contributed by atoms with Crippen molar-refractivity contribution in [2.75, 3.05) is 49.5 Å². The summed E-state index contributed by atoms with van der Waals surface area (Å²) in [6, 6.07) is 12.4. The van der Waals surface area contributed by atoms with E-state index in [1.165, 1.54) is 22.3 Å². The predicted octanol–water partition coefficient (Wildman–Crippen LogP) is 5.43. The molecule has 0 aliphatic heterocycles. The second-order valence-electron chi connectivity index (χ2n) is 10.0.